The minimum atomic E-state index is -0.972. The van der Waals surface area contributed by atoms with Crippen LogP contribution in [0.15, 0.2) is 18.3 Å². The molecule has 0 amide bonds. The van der Waals surface area contributed by atoms with Crippen molar-refractivity contribution in [3.63, 3.8) is 0 Å². The molecule has 1 aliphatic rings. The molecule has 1 fully saturated rings. The first kappa shape index (κ1) is 13.2. The molecular weight excluding hydrogens is 248 g/mol. The molecule has 0 radical (unpaired) electrons. The lowest BCUT2D eigenvalue weighted by atomic mass is 10.2. The number of thioether (sulfide) groups is 1. The topological polar surface area (TPSA) is 53.4 Å². The van der Waals surface area contributed by atoms with E-state index in [0.29, 0.717) is 0 Å². The number of aromatic carboxylic acids is 1. The van der Waals surface area contributed by atoms with Crippen LogP contribution in [0.3, 0.4) is 0 Å². The average Bonchev–Trinajstić information content (AvgIpc) is 2.64. The quantitative estimate of drug-likeness (QED) is 0.911. The molecule has 0 saturated carbocycles. The second-order valence-electron chi connectivity index (χ2n) is 4.48. The van der Waals surface area contributed by atoms with Gasteiger partial charge in [-0.1, -0.05) is 0 Å². The minimum absolute atomic E-state index is 0.107. The van der Waals surface area contributed by atoms with Gasteiger partial charge in [-0.25, -0.2) is 9.78 Å². The molecule has 0 aliphatic carbocycles. The van der Waals surface area contributed by atoms with Gasteiger partial charge in [0.2, 0.25) is 0 Å². The number of carboxylic acid groups (broad SMARTS) is 1. The van der Waals surface area contributed by atoms with Gasteiger partial charge < -0.3 is 10.0 Å². The van der Waals surface area contributed by atoms with Crippen LogP contribution in [0, 0.1) is 0 Å². The molecular formula is C13H18N2O2S. The predicted octanol–water partition coefficient (Wildman–Crippen LogP) is 2.50. The third kappa shape index (κ3) is 3.16. The molecule has 1 unspecified atom stereocenters. The van der Waals surface area contributed by atoms with Crippen LogP contribution in [-0.4, -0.2) is 40.7 Å². The Kier molecular flexibility index (Phi) is 4.47. The van der Waals surface area contributed by atoms with Crippen LogP contribution in [0.2, 0.25) is 0 Å². The summed E-state index contributed by atoms with van der Waals surface area (Å²) in [6, 6.07) is 3.44. The molecule has 0 spiro atoms. The van der Waals surface area contributed by atoms with Gasteiger partial charge in [-0.05, 0) is 37.7 Å². The maximum Gasteiger partial charge on any atom is 0.354 e. The largest absolute Gasteiger partial charge is 0.477 e. The zero-order chi connectivity index (χ0) is 13.0. The molecule has 1 aromatic heterocycles. The minimum Gasteiger partial charge on any atom is -0.477 e. The molecule has 0 bridgehead atoms. The van der Waals surface area contributed by atoms with E-state index in [1.54, 1.807) is 12.3 Å². The monoisotopic (exact) mass is 266 g/mol. The van der Waals surface area contributed by atoms with Gasteiger partial charge in [-0.3, -0.25) is 0 Å². The Morgan fingerprint density at radius 2 is 2.28 bits per heavy atom. The Balaban J connectivity index is 2.04. The Labute approximate surface area is 111 Å². The molecule has 98 valence electrons. The van der Waals surface area contributed by atoms with E-state index in [2.05, 4.69) is 16.1 Å². The highest BCUT2D eigenvalue weighted by atomic mass is 32.2. The highest BCUT2D eigenvalue weighted by Gasteiger charge is 2.16. The third-order valence-corrected chi connectivity index (χ3v) is 4.48. The van der Waals surface area contributed by atoms with Gasteiger partial charge >= 0.3 is 5.97 Å². The Morgan fingerprint density at radius 1 is 1.44 bits per heavy atom. The highest BCUT2D eigenvalue weighted by molar-refractivity contribution is 7.99. The highest BCUT2D eigenvalue weighted by Crippen LogP contribution is 2.24. The van der Waals surface area contributed by atoms with E-state index in [4.69, 9.17) is 5.11 Å². The van der Waals surface area contributed by atoms with Crippen molar-refractivity contribution < 1.29 is 9.90 Å². The molecule has 1 aromatic rings. The van der Waals surface area contributed by atoms with Crippen molar-refractivity contribution >= 4 is 23.4 Å². The lowest BCUT2D eigenvalue weighted by Gasteiger charge is -2.22. The summed E-state index contributed by atoms with van der Waals surface area (Å²) in [5, 5.41) is 9.57. The van der Waals surface area contributed by atoms with Gasteiger partial charge in [0.1, 0.15) is 5.69 Å². The van der Waals surface area contributed by atoms with E-state index >= 15 is 0 Å². The second kappa shape index (κ2) is 6.09. The lowest BCUT2D eigenvalue weighted by molar-refractivity contribution is 0.0690. The first-order chi connectivity index (χ1) is 8.70. The summed E-state index contributed by atoms with van der Waals surface area (Å²) in [4.78, 5) is 17.0. The van der Waals surface area contributed by atoms with Crippen LogP contribution in [0.1, 0.15) is 29.8 Å². The van der Waals surface area contributed by atoms with Crippen molar-refractivity contribution in [3.05, 3.63) is 24.0 Å². The smallest absolute Gasteiger partial charge is 0.354 e. The number of hydrogen-bond donors (Lipinski definition) is 1. The summed E-state index contributed by atoms with van der Waals surface area (Å²) in [6.07, 6.45) is 7.47. The summed E-state index contributed by atoms with van der Waals surface area (Å²) in [6.45, 7) is 2.06. The molecule has 5 heteroatoms. The van der Waals surface area contributed by atoms with Gasteiger partial charge in [-0.2, -0.15) is 11.8 Å². The van der Waals surface area contributed by atoms with E-state index in [-0.39, 0.29) is 5.69 Å². The molecule has 1 atom stereocenters. The fraction of sp³-hybridized carbons (Fsp3) is 0.538. The second-order valence-corrected chi connectivity index (χ2v) is 5.62. The summed E-state index contributed by atoms with van der Waals surface area (Å²) < 4.78 is 0. The summed E-state index contributed by atoms with van der Waals surface area (Å²) in [7, 11) is 0. The van der Waals surface area contributed by atoms with Crippen LogP contribution in [0.4, 0.5) is 5.69 Å². The first-order valence-corrected chi connectivity index (χ1v) is 7.46. The van der Waals surface area contributed by atoms with E-state index in [1.807, 2.05) is 17.8 Å². The Bertz CT molecular complexity index is 408. The predicted molar refractivity (Wildman–Crippen MR) is 74.6 cm³/mol. The third-order valence-electron chi connectivity index (χ3n) is 3.34. The van der Waals surface area contributed by atoms with Crippen LogP contribution >= 0.6 is 11.8 Å². The van der Waals surface area contributed by atoms with Crippen molar-refractivity contribution in [3.8, 4) is 0 Å². The fourth-order valence-electron chi connectivity index (χ4n) is 2.26. The van der Waals surface area contributed by atoms with Crippen molar-refractivity contribution in [1.29, 1.82) is 0 Å². The number of nitrogens with zero attached hydrogens (tertiary/aromatic N) is 2. The Hall–Kier alpha value is -1.23. The van der Waals surface area contributed by atoms with E-state index in [0.717, 1.165) is 24.0 Å². The molecule has 1 aliphatic heterocycles. The summed E-state index contributed by atoms with van der Waals surface area (Å²) in [5.74, 6) is -0.972. The van der Waals surface area contributed by atoms with Crippen molar-refractivity contribution in [1.82, 2.24) is 4.98 Å². The van der Waals surface area contributed by atoms with Crippen molar-refractivity contribution in [2.24, 2.45) is 0 Å². The SMILES string of the molecule is CSC1CCCN(c2ccc(C(=O)O)nc2)CC1. The number of rotatable bonds is 3. The summed E-state index contributed by atoms with van der Waals surface area (Å²) in [5.41, 5.74) is 1.14. The molecule has 4 nitrogen and oxygen atoms in total. The number of carboxylic acids is 1. The lowest BCUT2D eigenvalue weighted by Crippen LogP contribution is -2.24. The van der Waals surface area contributed by atoms with Crippen molar-refractivity contribution in [2.45, 2.75) is 24.5 Å². The fourth-order valence-corrected chi connectivity index (χ4v) is 3.00. The molecule has 0 aromatic carbocycles. The number of anilines is 1. The average molecular weight is 266 g/mol. The van der Waals surface area contributed by atoms with Gasteiger partial charge in [0.25, 0.3) is 0 Å². The van der Waals surface area contributed by atoms with Crippen molar-refractivity contribution in [2.75, 3.05) is 24.2 Å². The normalized spacial score (nSPS) is 20.5. The van der Waals surface area contributed by atoms with E-state index in [9.17, 15) is 4.79 Å². The van der Waals surface area contributed by atoms with Crippen LogP contribution in [-0.2, 0) is 0 Å². The van der Waals surface area contributed by atoms with Crippen LogP contribution < -0.4 is 4.90 Å². The van der Waals surface area contributed by atoms with Gasteiger partial charge in [0.15, 0.2) is 0 Å². The molecule has 18 heavy (non-hydrogen) atoms. The molecule has 1 N–H and O–H groups in total. The van der Waals surface area contributed by atoms with Gasteiger partial charge in [0.05, 0.1) is 11.9 Å². The molecule has 2 heterocycles. The first-order valence-electron chi connectivity index (χ1n) is 6.18. The number of pyridine rings is 1. The maximum atomic E-state index is 10.7. The maximum absolute atomic E-state index is 10.7. The van der Waals surface area contributed by atoms with E-state index < -0.39 is 5.97 Å². The van der Waals surface area contributed by atoms with Crippen LogP contribution in [0.5, 0.6) is 0 Å². The number of carbonyl (C=O) groups is 1. The molecule has 2 rings (SSSR count). The number of hydrogen-bond acceptors (Lipinski definition) is 4. The summed E-state index contributed by atoms with van der Waals surface area (Å²) >= 11 is 1.94. The van der Waals surface area contributed by atoms with Gasteiger partial charge in [0, 0.05) is 18.3 Å². The van der Waals surface area contributed by atoms with Crippen LogP contribution in [0.25, 0.3) is 0 Å². The zero-order valence-electron chi connectivity index (χ0n) is 10.5. The standard InChI is InChI=1S/C13H18N2O2S/c1-18-11-3-2-7-15(8-6-11)10-4-5-12(13(16)17)14-9-10/h4-5,9,11H,2-3,6-8H2,1H3,(H,16,17). The zero-order valence-corrected chi connectivity index (χ0v) is 11.3. The van der Waals surface area contributed by atoms with E-state index in [1.165, 1.54) is 19.3 Å². The van der Waals surface area contributed by atoms with Gasteiger partial charge in [-0.15, -0.1) is 0 Å². The Morgan fingerprint density at radius 3 is 2.89 bits per heavy atom. The number of aromatic nitrogens is 1. The molecule has 1 saturated heterocycles.